The summed E-state index contributed by atoms with van der Waals surface area (Å²) in [6.07, 6.45) is 0. The summed E-state index contributed by atoms with van der Waals surface area (Å²) in [5.41, 5.74) is 0. The Morgan fingerprint density at radius 3 is 1.36 bits per heavy atom. The van der Waals surface area contributed by atoms with Crippen molar-refractivity contribution in [2.24, 2.45) is 0 Å². The maximum atomic E-state index is 12.0. The summed E-state index contributed by atoms with van der Waals surface area (Å²) in [7, 11) is 0. The predicted octanol–water partition coefficient (Wildman–Crippen LogP) is -0.404. The van der Waals surface area contributed by atoms with Gasteiger partial charge in [0.15, 0.2) is 13.3 Å². The molecular formula is C8H12F2N2O2. The summed E-state index contributed by atoms with van der Waals surface area (Å²) in [5.74, 6) is -1.14. The van der Waals surface area contributed by atoms with Crippen molar-refractivity contribution in [3.8, 4) is 0 Å². The lowest BCUT2D eigenvalue weighted by atomic mass is 10.3. The molecule has 0 N–H and O–H groups in total. The molecule has 0 bridgehead atoms. The molecule has 1 saturated heterocycles. The molecule has 6 heteroatoms. The van der Waals surface area contributed by atoms with E-state index in [1.54, 1.807) is 0 Å². The number of alkyl halides is 2. The summed E-state index contributed by atoms with van der Waals surface area (Å²) < 4.78 is 23.9. The fourth-order valence-electron chi connectivity index (χ4n) is 1.37. The third kappa shape index (κ3) is 2.40. The van der Waals surface area contributed by atoms with Gasteiger partial charge in [-0.2, -0.15) is 0 Å². The van der Waals surface area contributed by atoms with Crippen molar-refractivity contribution in [2.45, 2.75) is 0 Å². The molecule has 0 saturated carbocycles. The number of piperazine rings is 1. The van der Waals surface area contributed by atoms with E-state index >= 15 is 0 Å². The van der Waals surface area contributed by atoms with Gasteiger partial charge in [0.1, 0.15) is 0 Å². The fourth-order valence-corrected chi connectivity index (χ4v) is 1.37. The first-order chi connectivity index (χ1) is 6.69. The number of amides is 2. The quantitative estimate of drug-likeness (QED) is 0.616. The molecule has 0 unspecified atom stereocenters. The zero-order valence-electron chi connectivity index (χ0n) is 7.71. The Bertz CT molecular complexity index is 203. The lowest BCUT2D eigenvalue weighted by Gasteiger charge is -2.33. The van der Waals surface area contributed by atoms with Crippen LogP contribution in [-0.2, 0) is 9.59 Å². The predicted molar refractivity (Wildman–Crippen MR) is 45.1 cm³/mol. The molecule has 14 heavy (non-hydrogen) atoms. The molecule has 0 radical (unpaired) electrons. The van der Waals surface area contributed by atoms with Crippen LogP contribution in [0, 0.1) is 0 Å². The molecule has 1 fully saturated rings. The van der Waals surface area contributed by atoms with E-state index in [2.05, 4.69) is 0 Å². The number of carbonyl (C=O) groups is 2. The average Bonchev–Trinajstić information content (AvgIpc) is 2.27. The van der Waals surface area contributed by atoms with Crippen molar-refractivity contribution < 1.29 is 18.4 Å². The van der Waals surface area contributed by atoms with Gasteiger partial charge in [-0.15, -0.1) is 0 Å². The molecule has 0 aliphatic carbocycles. The fraction of sp³-hybridized carbons (Fsp3) is 0.750. The second-order valence-corrected chi connectivity index (χ2v) is 3.03. The number of rotatable bonds is 2. The van der Waals surface area contributed by atoms with Crippen molar-refractivity contribution in [1.29, 1.82) is 0 Å². The first kappa shape index (κ1) is 10.9. The Balaban J connectivity index is 2.38. The van der Waals surface area contributed by atoms with Crippen LogP contribution in [0.4, 0.5) is 8.78 Å². The molecule has 0 aromatic heterocycles. The third-order valence-corrected chi connectivity index (χ3v) is 2.21. The minimum atomic E-state index is -1.02. The van der Waals surface area contributed by atoms with E-state index in [0.717, 1.165) is 0 Å². The van der Waals surface area contributed by atoms with Crippen LogP contribution >= 0.6 is 0 Å². The lowest BCUT2D eigenvalue weighted by Crippen LogP contribution is -2.51. The number of halogens is 2. The Morgan fingerprint density at radius 1 is 0.857 bits per heavy atom. The molecule has 0 aromatic rings. The van der Waals surface area contributed by atoms with Crippen molar-refractivity contribution in [2.75, 3.05) is 39.5 Å². The summed E-state index contributed by atoms with van der Waals surface area (Å²) in [6, 6.07) is 0. The largest absolute Gasteiger partial charge is 0.337 e. The molecular weight excluding hydrogens is 194 g/mol. The number of nitrogens with zero attached hydrogens (tertiary/aromatic N) is 2. The van der Waals surface area contributed by atoms with Crippen LogP contribution in [0.5, 0.6) is 0 Å². The van der Waals surface area contributed by atoms with Gasteiger partial charge in [-0.1, -0.05) is 0 Å². The Morgan fingerprint density at radius 2 is 1.14 bits per heavy atom. The molecule has 0 aromatic carbocycles. The SMILES string of the molecule is O=C(CF)N1CCN(C(=O)CF)CC1. The van der Waals surface area contributed by atoms with Gasteiger partial charge in [0.05, 0.1) is 0 Å². The third-order valence-electron chi connectivity index (χ3n) is 2.21. The van der Waals surface area contributed by atoms with Crippen LogP contribution < -0.4 is 0 Å². The minimum absolute atomic E-state index is 0.286. The smallest absolute Gasteiger partial charge is 0.254 e. The van der Waals surface area contributed by atoms with Crippen molar-refractivity contribution in [3.63, 3.8) is 0 Å². The summed E-state index contributed by atoms with van der Waals surface area (Å²) in [6.45, 7) is -0.889. The number of hydrogen-bond acceptors (Lipinski definition) is 2. The highest BCUT2D eigenvalue weighted by molar-refractivity contribution is 5.79. The lowest BCUT2D eigenvalue weighted by molar-refractivity contribution is -0.140. The van der Waals surface area contributed by atoms with Gasteiger partial charge in [0, 0.05) is 26.2 Å². The van der Waals surface area contributed by atoms with E-state index in [4.69, 9.17) is 0 Å². The van der Waals surface area contributed by atoms with Crippen LogP contribution in [-0.4, -0.2) is 61.1 Å². The highest BCUT2D eigenvalue weighted by atomic mass is 19.1. The highest BCUT2D eigenvalue weighted by Gasteiger charge is 2.23. The summed E-state index contributed by atoms with van der Waals surface area (Å²) in [4.78, 5) is 24.4. The van der Waals surface area contributed by atoms with Gasteiger partial charge >= 0.3 is 0 Å². The van der Waals surface area contributed by atoms with Crippen molar-refractivity contribution in [1.82, 2.24) is 9.80 Å². The molecule has 0 spiro atoms. The topological polar surface area (TPSA) is 40.6 Å². The monoisotopic (exact) mass is 206 g/mol. The molecule has 0 atom stereocenters. The molecule has 4 nitrogen and oxygen atoms in total. The Labute approximate surface area is 80.5 Å². The van der Waals surface area contributed by atoms with Gasteiger partial charge in [0.25, 0.3) is 11.8 Å². The maximum Gasteiger partial charge on any atom is 0.254 e. The normalized spacial score (nSPS) is 17.0. The summed E-state index contributed by atoms with van der Waals surface area (Å²) in [5, 5.41) is 0. The van der Waals surface area contributed by atoms with Gasteiger partial charge in [-0.25, -0.2) is 8.78 Å². The van der Waals surface area contributed by atoms with Crippen LogP contribution in [0.2, 0.25) is 0 Å². The molecule has 1 aliphatic heterocycles. The van der Waals surface area contributed by atoms with Gasteiger partial charge < -0.3 is 9.80 Å². The van der Waals surface area contributed by atoms with Crippen molar-refractivity contribution >= 4 is 11.8 Å². The van der Waals surface area contributed by atoms with E-state index in [-0.39, 0.29) is 26.2 Å². The molecule has 80 valence electrons. The highest BCUT2D eigenvalue weighted by Crippen LogP contribution is 2.02. The van der Waals surface area contributed by atoms with Crippen LogP contribution in [0.15, 0.2) is 0 Å². The van der Waals surface area contributed by atoms with Gasteiger partial charge in [-0.05, 0) is 0 Å². The summed E-state index contributed by atoms with van der Waals surface area (Å²) >= 11 is 0. The van der Waals surface area contributed by atoms with E-state index < -0.39 is 25.2 Å². The molecule has 1 heterocycles. The second kappa shape index (κ2) is 4.88. The molecule has 2 amide bonds. The maximum absolute atomic E-state index is 12.0. The van der Waals surface area contributed by atoms with Crippen LogP contribution in [0.3, 0.4) is 0 Å². The Kier molecular flexibility index (Phi) is 3.79. The first-order valence-corrected chi connectivity index (χ1v) is 4.36. The molecule has 1 aliphatic rings. The van der Waals surface area contributed by atoms with Crippen LogP contribution in [0.1, 0.15) is 0 Å². The van der Waals surface area contributed by atoms with E-state index in [0.29, 0.717) is 0 Å². The van der Waals surface area contributed by atoms with Crippen molar-refractivity contribution in [3.05, 3.63) is 0 Å². The number of carbonyl (C=O) groups excluding carboxylic acids is 2. The van der Waals surface area contributed by atoms with E-state index in [1.807, 2.05) is 0 Å². The first-order valence-electron chi connectivity index (χ1n) is 4.36. The Hall–Kier alpha value is -1.20. The average molecular weight is 206 g/mol. The van der Waals surface area contributed by atoms with Gasteiger partial charge in [0.2, 0.25) is 0 Å². The standard InChI is InChI=1S/C8H12F2N2O2/c9-5-7(13)11-1-2-12(4-3-11)8(14)6-10/h1-6H2. The zero-order chi connectivity index (χ0) is 10.6. The van der Waals surface area contributed by atoms with E-state index in [9.17, 15) is 18.4 Å². The van der Waals surface area contributed by atoms with Gasteiger partial charge in [-0.3, -0.25) is 9.59 Å². The van der Waals surface area contributed by atoms with E-state index in [1.165, 1.54) is 9.80 Å². The number of hydrogen-bond donors (Lipinski definition) is 0. The zero-order valence-corrected chi connectivity index (χ0v) is 7.71. The van der Waals surface area contributed by atoms with Crippen LogP contribution in [0.25, 0.3) is 0 Å². The second-order valence-electron chi connectivity index (χ2n) is 3.03. The molecule has 1 rings (SSSR count). The minimum Gasteiger partial charge on any atom is -0.337 e.